The Hall–Kier alpha value is -1.36. The molecule has 132 valence electrons. The fraction of sp³-hybridized carbons (Fsp3) is 0.632. The number of hydrogen-bond donors (Lipinski definition) is 1. The zero-order valence-electron chi connectivity index (χ0n) is 14.3. The quantitative estimate of drug-likeness (QED) is 0.630. The van der Waals surface area contributed by atoms with Gasteiger partial charge in [0, 0.05) is 5.71 Å². The Morgan fingerprint density at radius 3 is 1.83 bits per heavy atom. The summed E-state index contributed by atoms with van der Waals surface area (Å²) in [6.07, 6.45) is 12.2. The lowest BCUT2D eigenvalue weighted by Gasteiger charge is -2.31. The van der Waals surface area contributed by atoms with E-state index in [9.17, 15) is 8.42 Å². The summed E-state index contributed by atoms with van der Waals surface area (Å²) in [6.45, 7) is 0. The third-order valence-electron chi connectivity index (χ3n) is 5.40. The number of nitrogens with one attached hydrogen (secondary N) is 1. The van der Waals surface area contributed by atoms with Crippen LogP contribution in [0.3, 0.4) is 0 Å². The summed E-state index contributed by atoms with van der Waals surface area (Å²) in [6, 6.07) is 8.51. The summed E-state index contributed by atoms with van der Waals surface area (Å²) in [7, 11) is -3.57. The number of benzene rings is 1. The average molecular weight is 349 g/mol. The van der Waals surface area contributed by atoms with Gasteiger partial charge in [0.15, 0.2) is 0 Å². The van der Waals surface area contributed by atoms with E-state index < -0.39 is 10.0 Å². The second-order valence-corrected chi connectivity index (χ2v) is 8.78. The minimum absolute atomic E-state index is 0.278. The van der Waals surface area contributed by atoms with Crippen LogP contribution in [0.15, 0.2) is 40.3 Å². The van der Waals surface area contributed by atoms with Gasteiger partial charge in [-0.3, -0.25) is 0 Å². The third-order valence-corrected chi connectivity index (χ3v) is 6.62. The molecule has 0 atom stereocenters. The van der Waals surface area contributed by atoms with Crippen molar-refractivity contribution in [2.45, 2.75) is 69.1 Å². The highest BCUT2D eigenvalue weighted by molar-refractivity contribution is 7.89. The van der Waals surface area contributed by atoms with E-state index in [1.807, 2.05) is 6.07 Å². The Bertz CT molecular complexity index is 623. The molecule has 0 aromatic heterocycles. The van der Waals surface area contributed by atoms with Gasteiger partial charge in [0.2, 0.25) is 0 Å². The molecule has 0 unspecified atom stereocenters. The molecule has 0 spiro atoms. The van der Waals surface area contributed by atoms with E-state index in [-0.39, 0.29) is 4.90 Å². The highest BCUT2D eigenvalue weighted by Crippen LogP contribution is 2.33. The molecule has 0 heterocycles. The van der Waals surface area contributed by atoms with E-state index in [0.29, 0.717) is 11.8 Å². The highest BCUT2D eigenvalue weighted by Gasteiger charge is 2.28. The van der Waals surface area contributed by atoms with Gasteiger partial charge >= 0.3 is 0 Å². The molecule has 3 rings (SSSR count). The molecule has 1 aromatic rings. The number of nitrogens with zero attached hydrogens (tertiary/aromatic N) is 1. The van der Waals surface area contributed by atoms with Crippen molar-refractivity contribution in [2.75, 3.05) is 0 Å². The summed E-state index contributed by atoms with van der Waals surface area (Å²) in [5, 5.41) is 4.50. The molecule has 0 radical (unpaired) electrons. The summed E-state index contributed by atoms with van der Waals surface area (Å²) in [5.41, 5.74) is 1.12. The van der Waals surface area contributed by atoms with E-state index in [1.54, 1.807) is 24.3 Å². The van der Waals surface area contributed by atoms with Crippen LogP contribution in [0.1, 0.15) is 64.2 Å². The Morgan fingerprint density at radius 2 is 1.33 bits per heavy atom. The molecule has 2 aliphatic rings. The molecule has 4 nitrogen and oxygen atoms in total. The second kappa shape index (κ2) is 8.15. The second-order valence-electron chi connectivity index (χ2n) is 7.11. The lowest BCUT2D eigenvalue weighted by molar-refractivity contribution is 0.386. The number of rotatable bonds is 5. The van der Waals surface area contributed by atoms with Crippen LogP contribution in [0.2, 0.25) is 0 Å². The van der Waals surface area contributed by atoms with E-state index in [0.717, 1.165) is 31.4 Å². The topological polar surface area (TPSA) is 58.5 Å². The van der Waals surface area contributed by atoms with Crippen LogP contribution in [0, 0.1) is 11.8 Å². The van der Waals surface area contributed by atoms with Gasteiger partial charge < -0.3 is 0 Å². The molecule has 2 aliphatic carbocycles. The molecule has 5 heteroatoms. The van der Waals surface area contributed by atoms with E-state index in [4.69, 9.17) is 0 Å². The van der Waals surface area contributed by atoms with Crippen LogP contribution in [-0.2, 0) is 10.0 Å². The normalized spacial score (nSPS) is 20.5. The Balaban J connectivity index is 1.80. The summed E-state index contributed by atoms with van der Waals surface area (Å²) < 4.78 is 25.0. The van der Waals surface area contributed by atoms with Crippen molar-refractivity contribution in [1.82, 2.24) is 4.83 Å². The molecule has 1 aromatic carbocycles. The van der Waals surface area contributed by atoms with Gasteiger partial charge in [-0.25, -0.2) is 4.83 Å². The van der Waals surface area contributed by atoms with Crippen LogP contribution < -0.4 is 4.83 Å². The molecule has 24 heavy (non-hydrogen) atoms. The standard InChI is InChI=1S/C19H28N2O2S/c22-24(23,18-14-8-3-9-15-18)21-20-19(16-10-4-1-5-11-16)17-12-6-2-7-13-17/h3,8-9,14-17,21H,1-2,4-7,10-13H2. The minimum Gasteiger partial charge on any atom is -0.200 e. The first-order valence-electron chi connectivity index (χ1n) is 9.31. The van der Waals surface area contributed by atoms with Crippen LogP contribution in [0.5, 0.6) is 0 Å². The van der Waals surface area contributed by atoms with Gasteiger partial charge in [0.1, 0.15) is 0 Å². The maximum absolute atomic E-state index is 12.5. The molecule has 0 aliphatic heterocycles. The van der Waals surface area contributed by atoms with Crippen molar-refractivity contribution in [3.05, 3.63) is 30.3 Å². The van der Waals surface area contributed by atoms with Crippen molar-refractivity contribution >= 4 is 15.7 Å². The van der Waals surface area contributed by atoms with Crippen LogP contribution in [-0.4, -0.2) is 14.1 Å². The smallest absolute Gasteiger partial charge is 0.200 e. The monoisotopic (exact) mass is 348 g/mol. The molecule has 2 fully saturated rings. The number of hydrogen-bond acceptors (Lipinski definition) is 3. The van der Waals surface area contributed by atoms with Gasteiger partial charge in [-0.2, -0.15) is 13.5 Å². The van der Waals surface area contributed by atoms with Gasteiger partial charge in [0.25, 0.3) is 10.0 Å². The van der Waals surface area contributed by atoms with E-state index in [2.05, 4.69) is 9.93 Å². The zero-order chi connectivity index (χ0) is 16.8. The van der Waals surface area contributed by atoms with Crippen molar-refractivity contribution < 1.29 is 8.42 Å². The Morgan fingerprint density at radius 1 is 0.833 bits per heavy atom. The highest BCUT2D eigenvalue weighted by atomic mass is 32.2. The molecule has 0 saturated heterocycles. The van der Waals surface area contributed by atoms with Gasteiger partial charge in [-0.1, -0.05) is 56.7 Å². The average Bonchev–Trinajstić information content (AvgIpc) is 2.64. The van der Waals surface area contributed by atoms with Crippen molar-refractivity contribution in [2.24, 2.45) is 16.9 Å². The Kier molecular flexibility index (Phi) is 5.93. The van der Waals surface area contributed by atoms with Crippen LogP contribution >= 0.6 is 0 Å². The molecule has 0 amide bonds. The molecule has 0 bridgehead atoms. The summed E-state index contributed by atoms with van der Waals surface area (Å²) in [5.74, 6) is 0.917. The first-order valence-corrected chi connectivity index (χ1v) is 10.8. The molecule has 1 N–H and O–H groups in total. The van der Waals surface area contributed by atoms with E-state index >= 15 is 0 Å². The maximum Gasteiger partial charge on any atom is 0.276 e. The van der Waals surface area contributed by atoms with Crippen molar-refractivity contribution in [3.8, 4) is 0 Å². The fourth-order valence-electron chi connectivity index (χ4n) is 4.08. The van der Waals surface area contributed by atoms with Crippen molar-refractivity contribution in [1.29, 1.82) is 0 Å². The summed E-state index contributed by atoms with van der Waals surface area (Å²) >= 11 is 0. The lowest BCUT2D eigenvalue weighted by atomic mass is 9.76. The first-order chi connectivity index (χ1) is 11.7. The third kappa shape index (κ3) is 4.38. The largest absolute Gasteiger partial charge is 0.276 e. The van der Waals surface area contributed by atoms with Crippen LogP contribution in [0.25, 0.3) is 0 Å². The predicted octanol–water partition coefficient (Wildman–Crippen LogP) is 4.48. The molecular weight excluding hydrogens is 320 g/mol. The SMILES string of the molecule is O=S(=O)(NN=C(C1CCCCC1)C1CCCCC1)c1ccccc1. The van der Waals surface area contributed by atoms with Gasteiger partial charge in [-0.05, 0) is 49.7 Å². The predicted molar refractivity (Wildman–Crippen MR) is 97.3 cm³/mol. The lowest BCUT2D eigenvalue weighted by Crippen LogP contribution is -2.31. The number of sulfonamides is 1. The molecule has 2 saturated carbocycles. The fourth-order valence-corrected chi connectivity index (χ4v) is 4.92. The first kappa shape index (κ1) is 17.5. The number of hydrazone groups is 1. The molecular formula is C19H28N2O2S. The summed E-state index contributed by atoms with van der Waals surface area (Å²) in [4.78, 5) is 2.81. The van der Waals surface area contributed by atoms with Crippen LogP contribution in [0.4, 0.5) is 0 Å². The van der Waals surface area contributed by atoms with Crippen molar-refractivity contribution in [3.63, 3.8) is 0 Å². The maximum atomic E-state index is 12.5. The van der Waals surface area contributed by atoms with Gasteiger partial charge in [-0.15, -0.1) is 0 Å². The minimum atomic E-state index is -3.57. The van der Waals surface area contributed by atoms with E-state index in [1.165, 1.54) is 38.5 Å². The Labute approximate surface area is 145 Å². The van der Waals surface area contributed by atoms with Gasteiger partial charge in [0.05, 0.1) is 4.90 Å². The zero-order valence-corrected chi connectivity index (χ0v) is 15.1.